The minimum atomic E-state index is -3.21. The quantitative estimate of drug-likeness (QED) is 0.733. The standard InChI is InChI=1S/C8H14ClNO2S/c9-5-13(11,12)10-8-4-6-1-2-7(8)3-6/h6-8,10H,1-5H2. The third-order valence-corrected chi connectivity index (χ3v) is 5.02. The molecule has 5 heteroatoms. The maximum Gasteiger partial charge on any atom is 0.225 e. The van der Waals surface area contributed by atoms with Crippen molar-refractivity contribution >= 4 is 21.6 Å². The number of halogens is 1. The van der Waals surface area contributed by atoms with Gasteiger partial charge in [-0.2, -0.15) is 0 Å². The van der Waals surface area contributed by atoms with Crippen LogP contribution in [0.1, 0.15) is 25.7 Å². The van der Waals surface area contributed by atoms with E-state index in [1.54, 1.807) is 0 Å². The number of hydrogen-bond acceptors (Lipinski definition) is 2. The van der Waals surface area contributed by atoms with E-state index < -0.39 is 10.0 Å². The lowest BCUT2D eigenvalue weighted by Crippen LogP contribution is -2.38. The van der Waals surface area contributed by atoms with Crippen molar-refractivity contribution in [2.75, 3.05) is 5.21 Å². The zero-order valence-corrected chi connectivity index (χ0v) is 8.94. The van der Waals surface area contributed by atoms with E-state index in [0.29, 0.717) is 5.92 Å². The molecular formula is C8H14ClNO2S. The zero-order valence-electron chi connectivity index (χ0n) is 7.37. The summed E-state index contributed by atoms with van der Waals surface area (Å²) < 4.78 is 25.1. The highest BCUT2D eigenvalue weighted by molar-refractivity contribution is 7.90. The van der Waals surface area contributed by atoms with Gasteiger partial charge in [0.05, 0.1) is 0 Å². The Labute approximate surface area is 83.9 Å². The van der Waals surface area contributed by atoms with Crippen LogP contribution in [0.3, 0.4) is 0 Å². The maximum absolute atomic E-state index is 11.2. The highest BCUT2D eigenvalue weighted by Gasteiger charge is 2.40. The second-order valence-corrected chi connectivity index (χ2v) is 6.46. The van der Waals surface area contributed by atoms with Crippen LogP contribution in [0, 0.1) is 11.8 Å². The van der Waals surface area contributed by atoms with Crippen LogP contribution < -0.4 is 4.72 Å². The first-order chi connectivity index (χ1) is 6.11. The minimum absolute atomic E-state index is 0.169. The van der Waals surface area contributed by atoms with E-state index in [-0.39, 0.29) is 11.3 Å². The van der Waals surface area contributed by atoms with Crippen LogP contribution in [0.4, 0.5) is 0 Å². The molecule has 2 bridgehead atoms. The van der Waals surface area contributed by atoms with Gasteiger partial charge >= 0.3 is 0 Å². The summed E-state index contributed by atoms with van der Waals surface area (Å²) in [7, 11) is -3.21. The molecule has 2 aliphatic carbocycles. The Balaban J connectivity index is 1.97. The van der Waals surface area contributed by atoms with E-state index in [9.17, 15) is 8.42 Å². The Bertz CT molecular complexity index is 291. The number of sulfonamides is 1. The van der Waals surface area contributed by atoms with Gasteiger partial charge < -0.3 is 0 Å². The van der Waals surface area contributed by atoms with Crippen LogP contribution in [-0.2, 0) is 10.0 Å². The average Bonchev–Trinajstić information content (AvgIpc) is 2.64. The largest absolute Gasteiger partial charge is 0.225 e. The predicted molar refractivity (Wildman–Crippen MR) is 52.0 cm³/mol. The monoisotopic (exact) mass is 223 g/mol. The molecule has 3 atom stereocenters. The molecule has 0 aliphatic heterocycles. The Morgan fingerprint density at radius 2 is 2.08 bits per heavy atom. The highest BCUT2D eigenvalue weighted by Crippen LogP contribution is 2.44. The van der Waals surface area contributed by atoms with Gasteiger partial charge in [0.1, 0.15) is 5.21 Å². The molecule has 0 spiro atoms. The van der Waals surface area contributed by atoms with Gasteiger partial charge in [0.25, 0.3) is 0 Å². The van der Waals surface area contributed by atoms with Crippen molar-refractivity contribution < 1.29 is 8.42 Å². The van der Waals surface area contributed by atoms with Gasteiger partial charge in [-0.15, -0.1) is 11.6 Å². The first-order valence-corrected chi connectivity index (χ1v) is 6.85. The van der Waals surface area contributed by atoms with Crippen molar-refractivity contribution in [3.63, 3.8) is 0 Å². The Morgan fingerprint density at radius 3 is 2.54 bits per heavy atom. The van der Waals surface area contributed by atoms with Crippen molar-refractivity contribution in [2.24, 2.45) is 11.8 Å². The summed E-state index contributed by atoms with van der Waals surface area (Å²) in [6, 6.07) is 0.169. The summed E-state index contributed by atoms with van der Waals surface area (Å²) in [5.74, 6) is 1.33. The van der Waals surface area contributed by atoms with E-state index >= 15 is 0 Å². The van der Waals surface area contributed by atoms with Crippen LogP contribution in [0.5, 0.6) is 0 Å². The molecular weight excluding hydrogens is 210 g/mol. The molecule has 1 N–H and O–H groups in total. The molecule has 0 aromatic carbocycles. The zero-order chi connectivity index (χ0) is 9.47. The summed E-state index contributed by atoms with van der Waals surface area (Å²) in [5.41, 5.74) is 0. The van der Waals surface area contributed by atoms with Gasteiger partial charge in [0.15, 0.2) is 0 Å². The fraction of sp³-hybridized carbons (Fsp3) is 1.00. The van der Waals surface area contributed by atoms with Crippen molar-refractivity contribution in [1.29, 1.82) is 0 Å². The number of nitrogens with one attached hydrogen (secondary N) is 1. The van der Waals surface area contributed by atoms with Crippen LogP contribution >= 0.6 is 11.6 Å². The summed E-state index contributed by atoms with van der Waals surface area (Å²) in [6.45, 7) is 0. The first kappa shape index (κ1) is 9.74. The fourth-order valence-corrected chi connectivity index (χ4v) is 3.65. The normalized spacial score (nSPS) is 38.4. The average molecular weight is 224 g/mol. The Morgan fingerprint density at radius 1 is 1.31 bits per heavy atom. The van der Waals surface area contributed by atoms with Gasteiger partial charge in [-0.3, -0.25) is 0 Å². The number of hydrogen-bond donors (Lipinski definition) is 1. The van der Waals surface area contributed by atoms with Gasteiger partial charge in [0.2, 0.25) is 10.0 Å². The van der Waals surface area contributed by atoms with Gasteiger partial charge in [0, 0.05) is 6.04 Å². The van der Waals surface area contributed by atoms with Crippen LogP contribution in [0.25, 0.3) is 0 Å². The summed E-state index contributed by atoms with van der Waals surface area (Å²) in [5, 5.41) is -0.319. The van der Waals surface area contributed by atoms with Gasteiger partial charge in [-0.25, -0.2) is 13.1 Å². The van der Waals surface area contributed by atoms with E-state index in [1.165, 1.54) is 19.3 Å². The summed E-state index contributed by atoms with van der Waals surface area (Å²) >= 11 is 5.32. The molecule has 0 saturated heterocycles. The molecule has 76 valence electrons. The second-order valence-electron chi connectivity index (χ2n) is 4.12. The molecule has 2 aliphatic rings. The van der Waals surface area contributed by atoms with Crippen molar-refractivity contribution in [1.82, 2.24) is 4.72 Å². The van der Waals surface area contributed by atoms with E-state index in [0.717, 1.165) is 12.3 Å². The number of rotatable bonds is 3. The smallest absolute Gasteiger partial charge is 0.211 e. The molecule has 0 aromatic heterocycles. The Kier molecular flexibility index (Phi) is 2.55. The lowest BCUT2D eigenvalue weighted by molar-refractivity contribution is 0.391. The second kappa shape index (κ2) is 3.41. The third-order valence-electron chi connectivity index (χ3n) is 3.21. The molecule has 0 radical (unpaired) electrons. The molecule has 3 unspecified atom stereocenters. The van der Waals surface area contributed by atoms with Crippen LogP contribution in [-0.4, -0.2) is 19.7 Å². The maximum atomic E-state index is 11.2. The SMILES string of the molecule is O=S(=O)(CCl)NC1CC2CCC1C2. The topological polar surface area (TPSA) is 46.2 Å². The van der Waals surface area contributed by atoms with Crippen molar-refractivity contribution in [2.45, 2.75) is 31.7 Å². The van der Waals surface area contributed by atoms with Crippen molar-refractivity contribution in [3.8, 4) is 0 Å². The Hall–Kier alpha value is 0.200. The van der Waals surface area contributed by atoms with E-state index in [4.69, 9.17) is 11.6 Å². The summed E-state index contributed by atoms with van der Waals surface area (Å²) in [4.78, 5) is 0. The highest BCUT2D eigenvalue weighted by atomic mass is 35.5. The summed E-state index contributed by atoms with van der Waals surface area (Å²) in [6.07, 6.45) is 4.68. The molecule has 2 fully saturated rings. The number of alkyl halides is 1. The molecule has 2 saturated carbocycles. The molecule has 0 amide bonds. The molecule has 0 aromatic rings. The van der Waals surface area contributed by atoms with Crippen LogP contribution in [0.2, 0.25) is 0 Å². The van der Waals surface area contributed by atoms with Crippen molar-refractivity contribution in [3.05, 3.63) is 0 Å². The van der Waals surface area contributed by atoms with E-state index in [1.807, 2.05) is 0 Å². The molecule has 0 heterocycles. The first-order valence-electron chi connectivity index (χ1n) is 4.66. The van der Waals surface area contributed by atoms with E-state index in [2.05, 4.69) is 4.72 Å². The molecule has 2 rings (SSSR count). The van der Waals surface area contributed by atoms with Gasteiger partial charge in [-0.1, -0.05) is 6.42 Å². The number of fused-ring (bicyclic) bond motifs is 2. The lowest BCUT2D eigenvalue weighted by atomic mass is 9.96. The third kappa shape index (κ3) is 2.00. The predicted octanol–water partition coefficient (Wildman–Crippen LogP) is 1.29. The lowest BCUT2D eigenvalue weighted by Gasteiger charge is -2.21. The fourth-order valence-electron chi connectivity index (χ4n) is 2.65. The molecule has 13 heavy (non-hydrogen) atoms. The molecule has 3 nitrogen and oxygen atoms in total. The van der Waals surface area contributed by atoms with Crippen LogP contribution in [0.15, 0.2) is 0 Å². The van der Waals surface area contributed by atoms with Gasteiger partial charge in [-0.05, 0) is 31.1 Å². The minimum Gasteiger partial charge on any atom is -0.211 e.